The third-order valence-electron chi connectivity index (χ3n) is 3.88. The van der Waals surface area contributed by atoms with Gasteiger partial charge in [-0.05, 0) is 40.0 Å². The minimum atomic E-state index is -0.449. The lowest BCUT2D eigenvalue weighted by Crippen LogP contribution is -2.53. The number of hydrogen-bond acceptors (Lipinski definition) is 3. The number of carbonyl (C=O) groups excluding carboxylic acids is 1. The fourth-order valence-electron chi connectivity index (χ4n) is 3.01. The van der Waals surface area contributed by atoms with Crippen LogP contribution in [0.3, 0.4) is 0 Å². The number of rotatable bonds is 0. The molecular weight excluding hydrogens is 218 g/mol. The van der Waals surface area contributed by atoms with Gasteiger partial charge < -0.3 is 14.7 Å². The quantitative estimate of drug-likeness (QED) is 0.707. The number of amides is 1. The molecule has 2 bridgehead atoms. The van der Waals surface area contributed by atoms with E-state index in [0.29, 0.717) is 6.42 Å². The predicted octanol–water partition coefficient (Wildman–Crippen LogP) is 2.16. The topological polar surface area (TPSA) is 49.8 Å². The average molecular weight is 241 g/mol. The summed E-state index contributed by atoms with van der Waals surface area (Å²) >= 11 is 0. The maximum atomic E-state index is 12.1. The van der Waals surface area contributed by atoms with Crippen LogP contribution in [0, 0.1) is 5.92 Å². The molecule has 2 aliphatic rings. The van der Waals surface area contributed by atoms with Crippen molar-refractivity contribution < 1.29 is 14.6 Å². The lowest BCUT2D eigenvalue weighted by atomic mass is 9.89. The Balaban J connectivity index is 2.10. The molecule has 17 heavy (non-hydrogen) atoms. The molecule has 4 atom stereocenters. The van der Waals surface area contributed by atoms with Crippen LogP contribution in [-0.4, -0.2) is 39.9 Å². The van der Waals surface area contributed by atoms with E-state index in [1.165, 1.54) is 0 Å². The standard InChI is InChI=1S/C13H23NO3/c1-8-10-6-5-9(7-11(8)15)14(10)12(16)17-13(2,3)4/h8-11,15H,5-7H2,1-4H3/t8-,9-,10+,11?/m1/s1. The largest absolute Gasteiger partial charge is 0.444 e. The molecule has 4 nitrogen and oxygen atoms in total. The lowest BCUT2D eigenvalue weighted by Gasteiger charge is -2.41. The van der Waals surface area contributed by atoms with Gasteiger partial charge in [0.25, 0.3) is 0 Å². The van der Waals surface area contributed by atoms with Crippen molar-refractivity contribution in [3.8, 4) is 0 Å². The molecule has 1 N–H and O–H groups in total. The van der Waals surface area contributed by atoms with Gasteiger partial charge in [0, 0.05) is 18.0 Å². The number of aliphatic hydroxyl groups is 1. The Labute approximate surface area is 103 Å². The maximum absolute atomic E-state index is 12.1. The van der Waals surface area contributed by atoms with E-state index >= 15 is 0 Å². The number of aliphatic hydroxyl groups excluding tert-OH is 1. The minimum Gasteiger partial charge on any atom is -0.444 e. The summed E-state index contributed by atoms with van der Waals surface area (Å²) < 4.78 is 5.45. The number of nitrogens with zero attached hydrogens (tertiary/aromatic N) is 1. The number of fused-ring (bicyclic) bond motifs is 2. The Morgan fingerprint density at radius 2 is 2.00 bits per heavy atom. The van der Waals surface area contributed by atoms with E-state index in [-0.39, 0.29) is 30.2 Å². The van der Waals surface area contributed by atoms with Crippen LogP contribution < -0.4 is 0 Å². The van der Waals surface area contributed by atoms with Crippen LogP contribution in [-0.2, 0) is 4.74 Å². The Bertz CT molecular complexity index is 310. The molecule has 0 aromatic rings. The van der Waals surface area contributed by atoms with Crippen molar-refractivity contribution >= 4 is 6.09 Å². The molecule has 0 saturated carbocycles. The summed E-state index contributed by atoms with van der Waals surface area (Å²) in [4.78, 5) is 14.0. The highest BCUT2D eigenvalue weighted by molar-refractivity contribution is 5.69. The minimum absolute atomic E-state index is 0.151. The summed E-state index contributed by atoms with van der Waals surface area (Å²) in [5, 5.41) is 9.91. The predicted molar refractivity (Wildman–Crippen MR) is 64.7 cm³/mol. The molecule has 1 amide bonds. The van der Waals surface area contributed by atoms with Gasteiger partial charge in [0.1, 0.15) is 5.60 Å². The molecule has 0 aromatic carbocycles. The van der Waals surface area contributed by atoms with Crippen LogP contribution >= 0.6 is 0 Å². The molecule has 2 heterocycles. The monoisotopic (exact) mass is 241 g/mol. The zero-order valence-electron chi connectivity index (χ0n) is 11.1. The number of ether oxygens (including phenoxy) is 1. The molecule has 98 valence electrons. The van der Waals surface area contributed by atoms with Gasteiger partial charge in [0.15, 0.2) is 0 Å². The second kappa shape index (κ2) is 4.16. The number of carbonyl (C=O) groups is 1. The van der Waals surface area contributed by atoms with Crippen LogP contribution in [0.2, 0.25) is 0 Å². The first kappa shape index (κ1) is 12.7. The SMILES string of the molecule is C[C@H]1C(O)C[C@H]2CC[C@@H]1N2C(=O)OC(C)(C)C. The molecule has 1 unspecified atom stereocenters. The maximum Gasteiger partial charge on any atom is 0.410 e. The van der Waals surface area contributed by atoms with Gasteiger partial charge in [-0.25, -0.2) is 4.79 Å². The highest BCUT2D eigenvalue weighted by Crippen LogP contribution is 2.39. The Morgan fingerprint density at radius 1 is 1.35 bits per heavy atom. The summed E-state index contributed by atoms with van der Waals surface area (Å²) in [5.41, 5.74) is -0.449. The number of hydrogen-bond donors (Lipinski definition) is 1. The molecule has 0 radical (unpaired) electrons. The smallest absolute Gasteiger partial charge is 0.410 e. The summed E-state index contributed by atoms with van der Waals surface area (Å²) in [6.07, 6.45) is 2.18. The fraction of sp³-hybridized carbons (Fsp3) is 0.923. The van der Waals surface area contributed by atoms with Gasteiger partial charge in [-0.15, -0.1) is 0 Å². The van der Waals surface area contributed by atoms with Crippen molar-refractivity contribution in [1.82, 2.24) is 4.90 Å². The zero-order chi connectivity index (χ0) is 12.8. The van der Waals surface area contributed by atoms with Gasteiger partial charge in [-0.1, -0.05) is 6.92 Å². The molecule has 0 aliphatic carbocycles. The van der Waals surface area contributed by atoms with Crippen LogP contribution in [0.4, 0.5) is 4.79 Å². The van der Waals surface area contributed by atoms with Crippen molar-refractivity contribution in [3.05, 3.63) is 0 Å². The molecule has 2 fully saturated rings. The van der Waals surface area contributed by atoms with E-state index in [1.54, 1.807) is 0 Å². The van der Waals surface area contributed by atoms with Crippen molar-refractivity contribution in [3.63, 3.8) is 0 Å². The van der Waals surface area contributed by atoms with Crippen LogP contribution in [0.15, 0.2) is 0 Å². The molecule has 2 rings (SSSR count). The molecule has 2 saturated heterocycles. The second-order valence-electron chi connectivity index (χ2n) is 6.35. The summed E-state index contributed by atoms with van der Waals surface area (Å²) in [6, 6.07) is 0.319. The van der Waals surface area contributed by atoms with Crippen molar-refractivity contribution in [2.45, 2.75) is 70.7 Å². The molecule has 4 heteroatoms. The van der Waals surface area contributed by atoms with Crippen molar-refractivity contribution in [2.75, 3.05) is 0 Å². The Kier molecular flexibility index (Phi) is 3.10. The van der Waals surface area contributed by atoms with E-state index < -0.39 is 5.60 Å². The summed E-state index contributed by atoms with van der Waals surface area (Å²) in [6.45, 7) is 7.67. The van der Waals surface area contributed by atoms with E-state index in [4.69, 9.17) is 4.74 Å². The van der Waals surface area contributed by atoms with Gasteiger partial charge in [0.05, 0.1) is 6.10 Å². The first-order chi connectivity index (χ1) is 7.79. The number of piperidine rings is 1. The Morgan fingerprint density at radius 3 is 2.59 bits per heavy atom. The van der Waals surface area contributed by atoms with Crippen LogP contribution in [0.5, 0.6) is 0 Å². The molecule has 2 aliphatic heterocycles. The molecular formula is C13H23NO3. The highest BCUT2D eigenvalue weighted by atomic mass is 16.6. The Hall–Kier alpha value is -0.770. The van der Waals surface area contributed by atoms with E-state index in [2.05, 4.69) is 0 Å². The van der Waals surface area contributed by atoms with E-state index in [0.717, 1.165) is 12.8 Å². The lowest BCUT2D eigenvalue weighted by molar-refractivity contribution is -0.0331. The summed E-state index contributed by atoms with van der Waals surface area (Å²) in [5.74, 6) is 0.154. The van der Waals surface area contributed by atoms with Gasteiger partial charge in [-0.3, -0.25) is 0 Å². The third kappa shape index (κ3) is 2.41. The second-order valence-corrected chi connectivity index (χ2v) is 6.35. The first-order valence-corrected chi connectivity index (χ1v) is 6.49. The van der Waals surface area contributed by atoms with Crippen molar-refractivity contribution in [2.24, 2.45) is 5.92 Å². The average Bonchev–Trinajstić information content (AvgIpc) is 2.51. The summed E-state index contributed by atoms with van der Waals surface area (Å²) in [7, 11) is 0. The van der Waals surface area contributed by atoms with Gasteiger partial charge >= 0.3 is 6.09 Å². The molecule has 0 aromatic heterocycles. The third-order valence-corrected chi connectivity index (χ3v) is 3.88. The van der Waals surface area contributed by atoms with E-state index in [1.807, 2.05) is 32.6 Å². The zero-order valence-corrected chi connectivity index (χ0v) is 11.1. The highest BCUT2D eigenvalue weighted by Gasteiger charge is 2.48. The van der Waals surface area contributed by atoms with Crippen molar-refractivity contribution in [1.29, 1.82) is 0 Å². The van der Waals surface area contributed by atoms with Crippen LogP contribution in [0.1, 0.15) is 47.0 Å². The van der Waals surface area contributed by atoms with Gasteiger partial charge in [-0.2, -0.15) is 0 Å². The van der Waals surface area contributed by atoms with E-state index in [9.17, 15) is 9.90 Å². The molecule has 0 spiro atoms. The fourth-order valence-corrected chi connectivity index (χ4v) is 3.01. The normalized spacial score (nSPS) is 37.1. The van der Waals surface area contributed by atoms with Gasteiger partial charge in [0.2, 0.25) is 0 Å². The van der Waals surface area contributed by atoms with Crippen LogP contribution in [0.25, 0.3) is 0 Å². The first-order valence-electron chi connectivity index (χ1n) is 6.49.